The van der Waals surface area contributed by atoms with E-state index >= 15 is 0 Å². The van der Waals surface area contributed by atoms with Gasteiger partial charge in [0.05, 0.1) is 12.0 Å². The lowest BCUT2D eigenvalue weighted by molar-refractivity contribution is -0.132. The molecule has 1 N–H and O–H groups in total. The molecule has 0 aliphatic carbocycles. The van der Waals surface area contributed by atoms with Gasteiger partial charge in [0.2, 0.25) is 0 Å². The van der Waals surface area contributed by atoms with Crippen LogP contribution in [0.2, 0.25) is 0 Å². The van der Waals surface area contributed by atoms with Gasteiger partial charge in [0, 0.05) is 11.0 Å². The Morgan fingerprint density at radius 2 is 1.89 bits per heavy atom. The molecular formula is C13H16O5S. The average molecular weight is 284 g/mol. The van der Waals surface area contributed by atoms with Crippen molar-refractivity contribution in [3.63, 3.8) is 0 Å². The number of benzene rings is 1. The van der Waals surface area contributed by atoms with E-state index in [2.05, 4.69) is 0 Å². The van der Waals surface area contributed by atoms with Crippen LogP contribution in [-0.4, -0.2) is 26.6 Å². The molecule has 0 heterocycles. The van der Waals surface area contributed by atoms with Crippen molar-refractivity contribution < 1.29 is 23.1 Å². The smallest absolute Gasteiger partial charge is 0.332 e. The molecule has 0 aliphatic heterocycles. The van der Waals surface area contributed by atoms with Gasteiger partial charge in [-0.05, 0) is 30.7 Å². The molecule has 6 heteroatoms. The van der Waals surface area contributed by atoms with Crippen LogP contribution in [0, 0.1) is 0 Å². The second-order valence-corrected chi connectivity index (χ2v) is 5.72. The minimum absolute atomic E-state index is 0.0446. The van der Waals surface area contributed by atoms with Crippen LogP contribution >= 0.6 is 0 Å². The summed E-state index contributed by atoms with van der Waals surface area (Å²) in [5.74, 6) is -0.672. The first kappa shape index (κ1) is 15.2. The SMILES string of the molecule is CCC/C(=C\S(=O)(=O)c1ccc(OC)cc1)C(=O)O. The van der Waals surface area contributed by atoms with E-state index in [-0.39, 0.29) is 16.9 Å². The minimum atomic E-state index is -3.75. The maximum atomic E-state index is 12.0. The van der Waals surface area contributed by atoms with Crippen LogP contribution in [0.4, 0.5) is 0 Å². The Kier molecular flexibility index (Phi) is 5.11. The van der Waals surface area contributed by atoms with Gasteiger partial charge in [0.25, 0.3) is 0 Å². The molecule has 19 heavy (non-hydrogen) atoms. The summed E-state index contributed by atoms with van der Waals surface area (Å²) in [5, 5.41) is 9.76. The third kappa shape index (κ3) is 4.10. The van der Waals surface area contributed by atoms with Crippen molar-refractivity contribution in [1.82, 2.24) is 0 Å². The van der Waals surface area contributed by atoms with Crippen molar-refractivity contribution in [3.05, 3.63) is 35.2 Å². The Hall–Kier alpha value is -1.82. The molecule has 1 aromatic carbocycles. The largest absolute Gasteiger partial charge is 0.497 e. The number of carboxylic acids is 1. The molecule has 0 aliphatic rings. The highest BCUT2D eigenvalue weighted by Crippen LogP contribution is 2.19. The average Bonchev–Trinajstić information content (AvgIpc) is 2.38. The molecule has 0 fully saturated rings. The lowest BCUT2D eigenvalue weighted by atomic mass is 10.2. The van der Waals surface area contributed by atoms with Gasteiger partial charge in [0.15, 0.2) is 9.84 Å². The third-order valence-corrected chi connectivity index (χ3v) is 4.00. The van der Waals surface area contributed by atoms with Crippen molar-refractivity contribution in [2.45, 2.75) is 24.7 Å². The van der Waals surface area contributed by atoms with Crippen LogP contribution in [0.5, 0.6) is 5.75 Å². The highest BCUT2D eigenvalue weighted by molar-refractivity contribution is 7.94. The molecule has 0 bridgehead atoms. The van der Waals surface area contributed by atoms with E-state index in [1.165, 1.54) is 31.4 Å². The minimum Gasteiger partial charge on any atom is -0.497 e. The van der Waals surface area contributed by atoms with Crippen LogP contribution in [0.15, 0.2) is 40.1 Å². The van der Waals surface area contributed by atoms with E-state index in [0.29, 0.717) is 12.2 Å². The molecular weight excluding hydrogens is 268 g/mol. The summed E-state index contributed by atoms with van der Waals surface area (Å²) >= 11 is 0. The third-order valence-electron chi connectivity index (χ3n) is 2.48. The fourth-order valence-electron chi connectivity index (χ4n) is 1.51. The summed E-state index contributed by atoms with van der Waals surface area (Å²) in [6, 6.07) is 5.80. The Balaban J connectivity index is 3.14. The second kappa shape index (κ2) is 6.38. The molecule has 0 spiro atoms. The molecule has 0 unspecified atom stereocenters. The van der Waals surface area contributed by atoms with E-state index in [4.69, 9.17) is 9.84 Å². The number of methoxy groups -OCH3 is 1. The normalized spacial score (nSPS) is 12.2. The zero-order valence-corrected chi connectivity index (χ0v) is 11.6. The molecule has 0 atom stereocenters. The van der Waals surface area contributed by atoms with Crippen LogP contribution < -0.4 is 4.74 Å². The molecule has 0 saturated heterocycles. The van der Waals surface area contributed by atoms with Crippen LogP contribution in [0.1, 0.15) is 19.8 Å². The molecule has 0 aromatic heterocycles. The van der Waals surface area contributed by atoms with Gasteiger partial charge in [-0.1, -0.05) is 13.3 Å². The van der Waals surface area contributed by atoms with Crippen molar-refractivity contribution in [1.29, 1.82) is 0 Å². The summed E-state index contributed by atoms with van der Waals surface area (Å²) in [5.41, 5.74) is -0.113. The predicted molar refractivity (Wildman–Crippen MR) is 70.8 cm³/mol. The lowest BCUT2D eigenvalue weighted by Gasteiger charge is -2.04. The second-order valence-electron chi connectivity index (χ2n) is 3.92. The van der Waals surface area contributed by atoms with Crippen molar-refractivity contribution in [3.8, 4) is 5.75 Å². The Bertz CT molecular complexity index is 570. The standard InChI is InChI=1S/C13H16O5S/c1-3-4-10(13(14)15)9-19(16,17)12-7-5-11(18-2)6-8-12/h5-9H,3-4H2,1-2H3,(H,14,15)/b10-9+. The number of carbonyl (C=O) groups is 1. The number of aliphatic carboxylic acids is 1. The Morgan fingerprint density at radius 3 is 2.32 bits per heavy atom. The zero-order valence-electron chi connectivity index (χ0n) is 10.8. The molecule has 5 nitrogen and oxygen atoms in total. The van der Waals surface area contributed by atoms with Crippen LogP contribution in [0.3, 0.4) is 0 Å². The highest BCUT2D eigenvalue weighted by Gasteiger charge is 2.16. The van der Waals surface area contributed by atoms with Gasteiger partial charge < -0.3 is 9.84 Å². The number of carboxylic acid groups (broad SMARTS) is 1. The van der Waals surface area contributed by atoms with Crippen molar-refractivity contribution in [2.75, 3.05) is 7.11 Å². The number of ether oxygens (including phenoxy) is 1. The lowest BCUT2D eigenvalue weighted by Crippen LogP contribution is -2.05. The predicted octanol–water partition coefficient (Wildman–Crippen LogP) is 2.24. The molecule has 0 saturated carbocycles. The molecule has 104 valence electrons. The molecule has 1 rings (SSSR count). The van der Waals surface area contributed by atoms with E-state index in [9.17, 15) is 13.2 Å². The van der Waals surface area contributed by atoms with Gasteiger partial charge in [-0.2, -0.15) is 0 Å². The van der Waals surface area contributed by atoms with E-state index in [1.807, 2.05) is 0 Å². The summed E-state index contributed by atoms with van der Waals surface area (Å²) in [7, 11) is -2.27. The number of hydrogen-bond donors (Lipinski definition) is 1. The van der Waals surface area contributed by atoms with Crippen LogP contribution in [-0.2, 0) is 14.6 Å². The van der Waals surface area contributed by atoms with E-state index in [0.717, 1.165) is 5.41 Å². The summed E-state index contributed by atoms with van der Waals surface area (Å²) < 4.78 is 29.0. The Morgan fingerprint density at radius 1 is 1.32 bits per heavy atom. The number of sulfone groups is 1. The molecule has 0 amide bonds. The van der Waals surface area contributed by atoms with E-state index < -0.39 is 15.8 Å². The summed E-state index contributed by atoms with van der Waals surface area (Å²) in [6.07, 6.45) is 0.779. The summed E-state index contributed by atoms with van der Waals surface area (Å²) in [6.45, 7) is 1.79. The van der Waals surface area contributed by atoms with Gasteiger partial charge in [0.1, 0.15) is 5.75 Å². The van der Waals surface area contributed by atoms with Crippen molar-refractivity contribution in [2.24, 2.45) is 0 Å². The van der Waals surface area contributed by atoms with Gasteiger partial charge in [-0.25, -0.2) is 13.2 Å². The number of hydrogen-bond acceptors (Lipinski definition) is 4. The van der Waals surface area contributed by atoms with E-state index in [1.54, 1.807) is 6.92 Å². The quantitative estimate of drug-likeness (QED) is 0.810. The first-order valence-corrected chi connectivity index (χ1v) is 7.28. The number of rotatable bonds is 6. The Labute approximate surface area is 112 Å². The fourth-order valence-corrected chi connectivity index (χ4v) is 2.75. The maximum Gasteiger partial charge on any atom is 0.332 e. The maximum absolute atomic E-state index is 12.0. The summed E-state index contributed by atoms with van der Waals surface area (Å²) in [4.78, 5) is 11.0. The topological polar surface area (TPSA) is 80.7 Å². The monoisotopic (exact) mass is 284 g/mol. The van der Waals surface area contributed by atoms with Gasteiger partial charge >= 0.3 is 5.97 Å². The fraction of sp³-hybridized carbons (Fsp3) is 0.308. The first-order chi connectivity index (χ1) is 8.90. The molecule has 0 radical (unpaired) electrons. The van der Waals surface area contributed by atoms with Gasteiger partial charge in [-0.15, -0.1) is 0 Å². The van der Waals surface area contributed by atoms with Crippen molar-refractivity contribution >= 4 is 15.8 Å². The highest BCUT2D eigenvalue weighted by atomic mass is 32.2. The first-order valence-electron chi connectivity index (χ1n) is 5.73. The van der Waals surface area contributed by atoms with Gasteiger partial charge in [-0.3, -0.25) is 0 Å². The zero-order chi connectivity index (χ0) is 14.5. The molecule has 1 aromatic rings. The van der Waals surface area contributed by atoms with Crippen LogP contribution in [0.25, 0.3) is 0 Å².